The highest BCUT2D eigenvalue weighted by Gasteiger charge is 1.97. The minimum Gasteiger partial charge on any atom is -0.491 e. The predicted octanol–water partition coefficient (Wildman–Crippen LogP) is 2.23. The molecule has 0 unspecified atom stereocenters. The standard InChI is InChI=1S/C13H20O3/c1-11(2)10-15-6-7-16-13-5-3-4-12(8-13)9-14/h3-5,8,11,14H,6-7,9-10H2,1-2H3. The quantitative estimate of drug-likeness (QED) is 0.722. The summed E-state index contributed by atoms with van der Waals surface area (Å²) in [5, 5.41) is 8.95. The van der Waals surface area contributed by atoms with Gasteiger partial charge < -0.3 is 14.6 Å². The van der Waals surface area contributed by atoms with Crippen LogP contribution in [-0.4, -0.2) is 24.9 Å². The van der Waals surface area contributed by atoms with Gasteiger partial charge in [0.2, 0.25) is 0 Å². The van der Waals surface area contributed by atoms with E-state index in [1.54, 1.807) is 0 Å². The lowest BCUT2D eigenvalue weighted by Gasteiger charge is -2.09. The fourth-order valence-electron chi connectivity index (χ4n) is 1.27. The van der Waals surface area contributed by atoms with Crippen molar-refractivity contribution in [3.63, 3.8) is 0 Å². The lowest BCUT2D eigenvalue weighted by molar-refractivity contribution is 0.0818. The highest BCUT2D eigenvalue weighted by molar-refractivity contribution is 5.27. The van der Waals surface area contributed by atoms with E-state index >= 15 is 0 Å². The SMILES string of the molecule is CC(C)COCCOc1cccc(CO)c1. The molecular formula is C13H20O3. The van der Waals surface area contributed by atoms with E-state index in [1.807, 2.05) is 24.3 Å². The lowest BCUT2D eigenvalue weighted by atomic mass is 10.2. The Hall–Kier alpha value is -1.06. The summed E-state index contributed by atoms with van der Waals surface area (Å²) in [4.78, 5) is 0. The first kappa shape index (κ1) is 13.0. The van der Waals surface area contributed by atoms with E-state index in [-0.39, 0.29) is 6.61 Å². The van der Waals surface area contributed by atoms with Crippen molar-refractivity contribution in [1.29, 1.82) is 0 Å². The van der Waals surface area contributed by atoms with E-state index in [0.717, 1.165) is 17.9 Å². The van der Waals surface area contributed by atoms with Gasteiger partial charge in [-0.25, -0.2) is 0 Å². The van der Waals surface area contributed by atoms with Crippen molar-refractivity contribution in [2.24, 2.45) is 5.92 Å². The number of benzene rings is 1. The Morgan fingerprint density at radius 1 is 1.25 bits per heavy atom. The van der Waals surface area contributed by atoms with Crippen LogP contribution in [0.15, 0.2) is 24.3 Å². The van der Waals surface area contributed by atoms with Crippen molar-refractivity contribution in [1.82, 2.24) is 0 Å². The summed E-state index contributed by atoms with van der Waals surface area (Å²) in [6.45, 7) is 6.18. The highest BCUT2D eigenvalue weighted by Crippen LogP contribution is 2.12. The second-order valence-electron chi connectivity index (χ2n) is 4.12. The summed E-state index contributed by atoms with van der Waals surface area (Å²) < 4.78 is 10.9. The largest absolute Gasteiger partial charge is 0.491 e. The molecule has 0 spiro atoms. The number of hydrogen-bond acceptors (Lipinski definition) is 3. The van der Waals surface area contributed by atoms with E-state index in [0.29, 0.717) is 19.1 Å². The molecule has 0 aliphatic rings. The van der Waals surface area contributed by atoms with Crippen molar-refractivity contribution >= 4 is 0 Å². The Balaban J connectivity index is 2.21. The summed E-state index contributed by atoms with van der Waals surface area (Å²) in [5.74, 6) is 1.33. The van der Waals surface area contributed by atoms with E-state index in [9.17, 15) is 0 Å². The minimum absolute atomic E-state index is 0.0427. The van der Waals surface area contributed by atoms with Crippen molar-refractivity contribution in [3.05, 3.63) is 29.8 Å². The van der Waals surface area contributed by atoms with E-state index in [2.05, 4.69) is 13.8 Å². The topological polar surface area (TPSA) is 38.7 Å². The average molecular weight is 224 g/mol. The number of aliphatic hydroxyl groups is 1. The third-order valence-corrected chi connectivity index (χ3v) is 2.03. The molecule has 1 N–H and O–H groups in total. The molecular weight excluding hydrogens is 204 g/mol. The van der Waals surface area contributed by atoms with Gasteiger partial charge in [0.1, 0.15) is 12.4 Å². The molecule has 0 amide bonds. The van der Waals surface area contributed by atoms with Crippen LogP contribution in [0.4, 0.5) is 0 Å². The Labute approximate surface area is 97.0 Å². The fourth-order valence-corrected chi connectivity index (χ4v) is 1.27. The van der Waals surface area contributed by atoms with Crippen LogP contribution in [-0.2, 0) is 11.3 Å². The normalized spacial score (nSPS) is 10.8. The first-order valence-corrected chi connectivity index (χ1v) is 5.62. The van der Waals surface area contributed by atoms with Gasteiger partial charge in [-0.1, -0.05) is 26.0 Å². The van der Waals surface area contributed by atoms with Gasteiger partial charge in [-0.15, -0.1) is 0 Å². The van der Waals surface area contributed by atoms with Crippen LogP contribution in [0.3, 0.4) is 0 Å². The zero-order valence-electron chi connectivity index (χ0n) is 9.98. The van der Waals surface area contributed by atoms with Gasteiger partial charge in [-0.2, -0.15) is 0 Å². The highest BCUT2D eigenvalue weighted by atomic mass is 16.5. The van der Waals surface area contributed by atoms with Crippen LogP contribution in [0.2, 0.25) is 0 Å². The molecule has 1 aromatic rings. The maximum atomic E-state index is 8.95. The molecule has 0 saturated carbocycles. The maximum Gasteiger partial charge on any atom is 0.119 e. The van der Waals surface area contributed by atoms with Gasteiger partial charge in [-0.05, 0) is 23.6 Å². The summed E-state index contributed by atoms with van der Waals surface area (Å²) in [6, 6.07) is 7.45. The molecule has 0 aliphatic carbocycles. The first-order chi connectivity index (χ1) is 7.72. The summed E-state index contributed by atoms with van der Waals surface area (Å²) in [7, 11) is 0. The zero-order valence-corrected chi connectivity index (χ0v) is 9.98. The number of aliphatic hydroxyl groups excluding tert-OH is 1. The van der Waals surface area contributed by atoms with Gasteiger partial charge in [0.25, 0.3) is 0 Å². The van der Waals surface area contributed by atoms with Crippen molar-refractivity contribution in [2.45, 2.75) is 20.5 Å². The molecule has 0 fully saturated rings. The summed E-state index contributed by atoms with van der Waals surface area (Å²) in [6.07, 6.45) is 0. The van der Waals surface area contributed by atoms with Crippen LogP contribution >= 0.6 is 0 Å². The molecule has 3 heteroatoms. The molecule has 0 heterocycles. The van der Waals surface area contributed by atoms with Gasteiger partial charge >= 0.3 is 0 Å². The second kappa shape index (κ2) is 7.25. The van der Waals surface area contributed by atoms with Crippen LogP contribution in [0, 0.1) is 5.92 Å². The molecule has 0 aromatic heterocycles. The van der Waals surface area contributed by atoms with Crippen LogP contribution in [0.5, 0.6) is 5.75 Å². The van der Waals surface area contributed by atoms with Crippen molar-refractivity contribution in [2.75, 3.05) is 19.8 Å². The molecule has 0 saturated heterocycles. The Morgan fingerprint density at radius 3 is 2.75 bits per heavy atom. The Kier molecular flexibility index (Phi) is 5.90. The molecule has 0 radical (unpaired) electrons. The fraction of sp³-hybridized carbons (Fsp3) is 0.538. The molecule has 16 heavy (non-hydrogen) atoms. The summed E-state index contributed by atoms with van der Waals surface area (Å²) >= 11 is 0. The maximum absolute atomic E-state index is 8.95. The van der Waals surface area contributed by atoms with Gasteiger partial charge in [-0.3, -0.25) is 0 Å². The van der Waals surface area contributed by atoms with E-state index < -0.39 is 0 Å². The number of ether oxygens (including phenoxy) is 2. The molecule has 1 rings (SSSR count). The monoisotopic (exact) mass is 224 g/mol. The van der Waals surface area contributed by atoms with E-state index in [1.165, 1.54) is 0 Å². The second-order valence-corrected chi connectivity index (χ2v) is 4.12. The predicted molar refractivity (Wildman–Crippen MR) is 63.5 cm³/mol. The van der Waals surface area contributed by atoms with Crippen LogP contribution in [0.1, 0.15) is 19.4 Å². The summed E-state index contributed by atoms with van der Waals surface area (Å²) in [5.41, 5.74) is 0.862. The van der Waals surface area contributed by atoms with E-state index in [4.69, 9.17) is 14.6 Å². The molecule has 0 aliphatic heterocycles. The minimum atomic E-state index is 0.0427. The van der Waals surface area contributed by atoms with Gasteiger partial charge in [0, 0.05) is 6.61 Å². The number of rotatable bonds is 7. The van der Waals surface area contributed by atoms with Gasteiger partial charge in [0.15, 0.2) is 0 Å². The van der Waals surface area contributed by atoms with Crippen molar-refractivity contribution < 1.29 is 14.6 Å². The third kappa shape index (κ3) is 5.14. The molecule has 3 nitrogen and oxygen atoms in total. The Bertz CT molecular complexity index is 297. The first-order valence-electron chi connectivity index (χ1n) is 5.62. The Morgan fingerprint density at radius 2 is 2.06 bits per heavy atom. The van der Waals surface area contributed by atoms with Crippen LogP contribution in [0.25, 0.3) is 0 Å². The van der Waals surface area contributed by atoms with Crippen molar-refractivity contribution in [3.8, 4) is 5.75 Å². The molecule has 1 aromatic carbocycles. The lowest BCUT2D eigenvalue weighted by Crippen LogP contribution is -2.10. The zero-order chi connectivity index (χ0) is 11.8. The molecule has 0 bridgehead atoms. The van der Waals surface area contributed by atoms with Crippen LogP contribution < -0.4 is 4.74 Å². The third-order valence-electron chi connectivity index (χ3n) is 2.03. The average Bonchev–Trinajstić information content (AvgIpc) is 2.28. The molecule has 90 valence electrons. The van der Waals surface area contributed by atoms with Gasteiger partial charge in [0.05, 0.1) is 13.2 Å². The molecule has 0 atom stereocenters. The smallest absolute Gasteiger partial charge is 0.119 e. The number of hydrogen-bond donors (Lipinski definition) is 1.